The van der Waals surface area contributed by atoms with E-state index in [1.807, 2.05) is 29.2 Å². The van der Waals surface area contributed by atoms with Crippen molar-refractivity contribution in [2.45, 2.75) is 76.4 Å². The Kier molecular flexibility index (Phi) is 7.23. The monoisotopic (exact) mass is 477 g/mol. The number of hydrogen-bond acceptors (Lipinski definition) is 5. The van der Waals surface area contributed by atoms with E-state index in [0.29, 0.717) is 23.6 Å². The first-order valence-corrected chi connectivity index (χ1v) is 12.9. The third-order valence-electron chi connectivity index (χ3n) is 7.59. The molecule has 2 aromatic rings. The van der Waals surface area contributed by atoms with Crippen LogP contribution in [0.1, 0.15) is 73.7 Å². The molecule has 186 valence electrons. The summed E-state index contributed by atoms with van der Waals surface area (Å²) in [6, 6.07) is 13.6. The number of rotatable bonds is 6. The van der Waals surface area contributed by atoms with E-state index >= 15 is 0 Å². The number of hydrogen-bond donors (Lipinski definition) is 2. The largest absolute Gasteiger partial charge is 0.454 e. The highest BCUT2D eigenvalue weighted by atomic mass is 16.7. The topological polar surface area (TPSA) is 93.9 Å². The van der Waals surface area contributed by atoms with Crippen LogP contribution in [0.3, 0.4) is 0 Å². The molecule has 0 unspecified atom stereocenters. The summed E-state index contributed by atoms with van der Waals surface area (Å²) in [6.45, 7) is 0.650. The zero-order valence-electron chi connectivity index (χ0n) is 20.2. The van der Waals surface area contributed by atoms with E-state index in [1.165, 1.54) is 6.42 Å². The molecule has 0 atom stereocenters. The Hall–Kier alpha value is -3.06. The molecule has 7 nitrogen and oxygen atoms in total. The standard InChI is InChI=1S/C28H35N3O4/c29-22-10-12-24(13-11-22)31(28(33)21-9-14-25-26(16-21)35-18-34-25)17-19-5-4-8-23(15-19)30-27(32)20-6-2-1-3-7-20/h4-5,8-9,14-16,20,22,24H,1-3,6-7,10-13,17-18,29H2,(H,30,32). The van der Waals surface area contributed by atoms with E-state index < -0.39 is 0 Å². The summed E-state index contributed by atoms with van der Waals surface area (Å²) in [7, 11) is 0. The summed E-state index contributed by atoms with van der Waals surface area (Å²) in [4.78, 5) is 28.4. The second-order valence-corrected chi connectivity index (χ2v) is 10.1. The number of carbonyl (C=O) groups excluding carboxylic acids is 2. The van der Waals surface area contributed by atoms with Gasteiger partial charge >= 0.3 is 0 Å². The van der Waals surface area contributed by atoms with Gasteiger partial charge in [-0.05, 0) is 74.4 Å². The summed E-state index contributed by atoms with van der Waals surface area (Å²) in [5.41, 5.74) is 8.53. The minimum Gasteiger partial charge on any atom is -0.454 e. The molecule has 35 heavy (non-hydrogen) atoms. The van der Waals surface area contributed by atoms with Gasteiger partial charge in [0.15, 0.2) is 11.5 Å². The summed E-state index contributed by atoms with van der Waals surface area (Å²) in [6.07, 6.45) is 8.99. The first-order chi connectivity index (χ1) is 17.1. The SMILES string of the molecule is NC1CCC(N(Cc2cccc(NC(=O)C3CCCCC3)c2)C(=O)c2ccc3c(c2)OCO3)CC1. The molecule has 2 fully saturated rings. The van der Waals surface area contributed by atoms with Crippen molar-refractivity contribution in [3.05, 3.63) is 53.6 Å². The number of nitrogens with zero attached hydrogens (tertiary/aromatic N) is 1. The summed E-state index contributed by atoms with van der Waals surface area (Å²) < 4.78 is 10.9. The fraction of sp³-hybridized carbons (Fsp3) is 0.500. The molecule has 3 N–H and O–H groups in total. The summed E-state index contributed by atoms with van der Waals surface area (Å²) >= 11 is 0. The smallest absolute Gasteiger partial charge is 0.254 e. The van der Waals surface area contributed by atoms with Crippen LogP contribution in [-0.4, -0.2) is 35.6 Å². The molecule has 1 heterocycles. The maximum Gasteiger partial charge on any atom is 0.254 e. The molecule has 0 radical (unpaired) electrons. The molecule has 3 aliphatic rings. The lowest BCUT2D eigenvalue weighted by molar-refractivity contribution is -0.120. The van der Waals surface area contributed by atoms with Crippen molar-refractivity contribution >= 4 is 17.5 Å². The van der Waals surface area contributed by atoms with Gasteiger partial charge in [0.1, 0.15) is 0 Å². The fourth-order valence-electron chi connectivity index (χ4n) is 5.53. The maximum absolute atomic E-state index is 13.7. The van der Waals surface area contributed by atoms with Gasteiger partial charge in [0.25, 0.3) is 5.91 Å². The quantitative estimate of drug-likeness (QED) is 0.621. The lowest BCUT2D eigenvalue weighted by Crippen LogP contribution is -2.43. The fourth-order valence-corrected chi connectivity index (χ4v) is 5.53. The van der Waals surface area contributed by atoms with Gasteiger partial charge in [-0.25, -0.2) is 0 Å². The lowest BCUT2D eigenvalue weighted by Gasteiger charge is -2.36. The van der Waals surface area contributed by atoms with E-state index in [1.54, 1.807) is 18.2 Å². The van der Waals surface area contributed by atoms with Crippen LogP contribution in [-0.2, 0) is 11.3 Å². The molecule has 0 aromatic heterocycles. The Morgan fingerprint density at radius 1 is 0.914 bits per heavy atom. The zero-order valence-corrected chi connectivity index (χ0v) is 20.2. The van der Waals surface area contributed by atoms with Crippen molar-refractivity contribution < 1.29 is 19.1 Å². The Morgan fingerprint density at radius 2 is 1.69 bits per heavy atom. The van der Waals surface area contributed by atoms with Gasteiger partial charge in [-0.15, -0.1) is 0 Å². The third-order valence-corrected chi connectivity index (χ3v) is 7.59. The van der Waals surface area contributed by atoms with E-state index in [-0.39, 0.29) is 36.6 Å². The second kappa shape index (κ2) is 10.7. The molecule has 7 heteroatoms. The number of nitrogens with one attached hydrogen (secondary N) is 1. The number of carbonyl (C=O) groups is 2. The molecule has 0 bridgehead atoms. The van der Waals surface area contributed by atoms with Crippen molar-refractivity contribution in [3.8, 4) is 11.5 Å². The Morgan fingerprint density at radius 3 is 2.49 bits per heavy atom. The normalized spacial score (nSPS) is 22.0. The minimum absolute atomic E-state index is 0.0274. The number of nitrogens with two attached hydrogens (primary N) is 1. The molecule has 0 spiro atoms. The van der Waals surface area contributed by atoms with Gasteiger partial charge in [0.05, 0.1) is 0 Å². The van der Waals surface area contributed by atoms with Gasteiger partial charge in [0, 0.05) is 35.8 Å². The van der Waals surface area contributed by atoms with Gasteiger partial charge in [-0.1, -0.05) is 31.4 Å². The average molecular weight is 478 g/mol. The number of amides is 2. The predicted octanol–water partition coefficient (Wildman–Crippen LogP) is 4.85. The van der Waals surface area contributed by atoms with Crippen molar-refractivity contribution in [1.82, 2.24) is 4.90 Å². The van der Waals surface area contributed by atoms with E-state index in [4.69, 9.17) is 15.2 Å². The molecule has 1 aliphatic heterocycles. The highest BCUT2D eigenvalue weighted by Gasteiger charge is 2.30. The van der Waals surface area contributed by atoms with Gasteiger partial charge < -0.3 is 25.4 Å². The molecular weight excluding hydrogens is 442 g/mol. The summed E-state index contributed by atoms with van der Waals surface area (Å²) in [5, 5.41) is 3.11. The minimum atomic E-state index is -0.0274. The molecule has 2 aromatic carbocycles. The average Bonchev–Trinajstić information content (AvgIpc) is 3.36. The van der Waals surface area contributed by atoms with Crippen molar-refractivity contribution in [2.75, 3.05) is 12.1 Å². The maximum atomic E-state index is 13.7. The van der Waals surface area contributed by atoms with Crippen molar-refractivity contribution in [1.29, 1.82) is 0 Å². The molecule has 5 rings (SSSR count). The Bertz CT molecular complexity index is 1060. The molecule has 2 amide bonds. The van der Waals surface area contributed by atoms with Crippen LogP contribution in [0.25, 0.3) is 0 Å². The van der Waals surface area contributed by atoms with Crippen molar-refractivity contribution in [3.63, 3.8) is 0 Å². The Balaban J connectivity index is 1.34. The molecular formula is C28H35N3O4. The van der Waals surface area contributed by atoms with Crippen LogP contribution in [0.5, 0.6) is 11.5 Å². The van der Waals surface area contributed by atoms with Crippen LogP contribution in [0.15, 0.2) is 42.5 Å². The number of anilines is 1. The van der Waals surface area contributed by atoms with Crippen LogP contribution in [0.2, 0.25) is 0 Å². The van der Waals surface area contributed by atoms with Crippen molar-refractivity contribution in [2.24, 2.45) is 11.7 Å². The van der Waals surface area contributed by atoms with Gasteiger partial charge in [0.2, 0.25) is 12.7 Å². The highest BCUT2D eigenvalue weighted by Crippen LogP contribution is 2.34. The highest BCUT2D eigenvalue weighted by molar-refractivity contribution is 5.95. The van der Waals surface area contributed by atoms with Crippen LogP contribution in [0.4, 0.5) is 5.69 Å². The number of ether oxygens (including phenoxy) is 2. The number of benzene rings is 2. The number of fused-ring (bicyclic) bond motifs is 1. The first kappa shape index (κ1) is 23.7. The zero-order chi connectivity index (χ0) is 24.2. The third kappa shape index (κ3) is 5.61. The predicted molar refractivity (Wildman–Crippen MR) is 134 cm³/mol. The van der Waals surface area contributed by atoms with Crippen LogP contribution in [0, 0.1) is 5.92 Å². The Labute approximate surface area is 207 Å². The molecule has 0 saturated heterocycles. The first-order valence-electron chi connectivity index (χ1n) is 12.9. The van der Waals surface area contributed by atoms with Gasteiger partial charge in [-0.2, -0.15) is 0 Å². The summed E-state index contributed by atoms with van der Waals surface area (Å²) in [5.74, 6) is 1.45. The second-order valence-electron chi connectivity index (χ2n) is 10.1. The molecule has 2 saturated carbocycles. The van der Waals surface area contributed by atoms with E-state index in [0.717, 1.165) is 62.6 Å². The van der Waals surface area contributed by atoms with Crippen LogP contribution >= 0.6 is 0 Å². The van der Waals surface area contributed by atoms with E-state index in [9.17, 15) is 9.59 Å². The lowest BCUT2D eigenvalue weighted by atomic mass is 9.88. The van der Waals surface area contributed by atoms with Gasteiger partial charge in [-0.3, -0.25) is 9.59 Å². The van der Waals surface area contributed by atoms with Crippen LogP contribution < -0.4 is 20.5 Å². The van der Waals surface area contributed by atoms with E-state index in [2.05, 4.69) is 5.32 Å². The molecule has 2 aliphatic carbocycles.